The van der Waals surface area contributed by atoms with Crippen molar-refractivity contribution in [1.29, 1.82) is 0 Å². The zero-order valence-corrected chi connectivity index (χ0v) is 15.5. The van der Waals surface area contributed by atoms with E-state index in [2.05, 4.69) is 19.9 Å². The summed E-state index contributed by atoms with van der Waals surface area (Å²) in [6.45, 7) is 6.85. The summed E-state index contributed by atoms with van der Waals surface area (Å²) in [5.74, 6) is 0.364. The second kappa shape index (κ2) is 5.31. The summed E-state index contributed by atoms with van der Waals surface area (Å²) in [5.41, 5.74) is 0.935. The van der Waals surface area contributed by atoms with Crippen LogP contribution in [0, 0.1) is 34.5 Å². The number of aliphatic hydroxyl groups excluding tert-OH is 1. The van der Waals surface area contributed by atoms with E-state index in [0.717, 1.165) is 25.2 Å². The minimum atomic E-state index is -1.99. The van der Waals surface area contributed by atoms with Crippen molar-refractivity contribution < 1.29 is 15.3 Å². The third kappa shape index (κ3) is 1.90. The van der Waals surface area contributed by atoms with Crippen LogP contribution in [0.4, 0.5) is 0 Å². The Balaban J connectivity index is 1.74. The maximum Gasteiger partial charge on any atom is 0.199 e. The number of allylic oxidation sites excluding steroid dienone is 1. The summed E-state index contributed by atoms with van der Waals surface area (Å²) in [6, 6.07) is 0. The fourth-order valence-electron chi connectivity index (χ4n) is 7.55. The summed E-state index contributed by atoms with van der Waals surface area (Å²) in [4.78, 5) is 0. The maximum absolute atomic E-state index is 10.9. The Kier molecular flexibility index (Phi) is 3.77. The molecular weight excluding hydrogens is 300 g/mol. The van der Waals surface area contributed by atoms with Gasteiger partial charge in [-0.1, -0.05) is 38.8 Å². The highest BCUT2D eigenvalue weighted by atomic mass is 16.5. The molecule has 0 aromatic heterocycles. The van der Waals surface area contributed by atoms with Gasteiger partial charge in [0.25, 0.3) is 0 Å². The molecule has 1 unspecified atom stereocenters. The lowest BCUT2D eigenvalue weighted by Gasteiger charge is -2.61. The molecule has 0 amide bonds. The minimum Gasteiger partial charge on any atom is -0.387 e. The first kappa shape index (κ1) is 17.1. The standard InChI is InChI=1S/C21H34O3/c1-4-13-6-9-16-15-8-5-14-7-10-18(22)21(23,24)20(14,3)17(15)11-12-19(13,16)2/h5,13,15-18,22-24H,4,6-12H2,1-3H3/t13-,15-,16+,17-,18?,19+,20-/m0/s1. The smallest absolute Gasteiger partial charge is 0.199 e. The zero-order valence-electron chi connectivity index (χ0n) is 15.5. The number of aliphatic hydroxyl groups is 3. The number of rotatable bonds is 1. The second-order valence-corrected chi connectivity index (χ2v) is 9.55. The third-order valence-electron chi connectivity index (χ3n) is 9.09. The summed E-state index contributed by atoms with van der Waals surface area (Å²) in [6.07, 6.45) is 9.81. The monoisotopic (exact) mass is 334 g/mol. The largest absolute Gasteiger partial charge is 0.387 e. The van der Waals surface area contributed by atoms with E-state index >= 15 is 0 Å². The van der Waals surface area contributed by atoms with E-state index < -0.39 is 17.3 Å². The predicted octanol–water partition coefficient (Wildman–Crippen LogP) is 3.63. The van der Waals surface area contributed by atoms with Gasteiger partial charge in [-0.3, -0.25) is 0 Å². The molecule has 0 saturated heterocycles. The van der Waals surface area contributed by atoms with Crippen LogP contribution in [0.1, 0.15) is 72.1 Å². The zero-order chi connectivity index (χ0) is 17.3. The van der Waals surface area contributed by atoms with E-state index in [9.17, 15) is 15.3 Å². The molecule has 4 rings (SSSR count). The summed E-state index contributed by atoms with van der Waals surface area (Å²) < 4.78 is 0. The second-order valence-electron chi connectivity index (χ2n) is 9.55. The minimum absolute atomic E-state index is 0.288. The Bertz CT molecular complexity index is 553. The molecule has 3 fully saturated rings. The van der Waals surface area contributed by atoms with Crippen LogP contribution >= 0.6 is 0 Å². The highest BCUT2D eigenvalue weighted by Crippen LogP contribution is 2.67. The van der Waals surface area contributed by atoms with E-state index in [1.165, 1.54) is 31.3 Å². The molecule has 3 heteroatoms. The fraction of sp³-hybridized carbons (Fsp3) is 0.905. The first-order valence-corrected chi connectivity index (χ1v) is 10.1. The lowest BCUT2D eigenvalue weighted by Crippen LogP contribution is -2.65. The highest BCUT2D eigenvalue weighted by molar-refractivity contribution is 5.29. The van der Waals surface area contributed by atoms with Crippen molar-refractivity contribution >= 4 is 0 Å². The molecule has 0 heterocycles. The van der Waals surface area contributed by atoms with Crippen LogP contribution in [-0.2, 0) is 0 Å². The van der Waals surface area contributed by atoms with Gasteiger partial charge in [0.1, 0.15) is 6.10 Å². The van der Waals surface area contributed by atoms with Crippen molar-refractivity contribution in [3.63, 3.8) is 0 Å². The molecule has 136 valence electrons. The molecule has 0 aromatic carbocycles. The molecule has 3 N–H and O–H groups in total. The lowest BCUT2D eigenvalue weighted by molar-refractivity contribution is -0.311. The van der Waals surface area contributed by atoms with E-state index in [0.29, 0.717) is 23.7 Å². The van der Waals surface area contributed by atoms with E-state index in [1.54, 1.807) is 0 Å². The van der Waals surface area contributed by atoms with Crippen LogP contribution < -0.4 is 0 Å². The van der Waals surface area contributed by atoms with Gasteiger partial charge < -0.3 is 15.3 Å². The first-order valence-electron chi connectivity index (χ1n) is 10.1. The molecule has 4 aliphatic carbocycles. The third-order valence-corrected chi connectivity index (χ3v) is 9.09. The molecule has 0 bridgehead atoms. The first-order chi connectivity index (χ1) is 11.3. The fourth-order valence-corrected chi connectivity index (χ4v) is 7.55. The van der Waals surface area contributed by atoms with Crippen molar-refractivity contribution in [2.24, 2.45) is 34.5 Å². The van der Waals surface area contributed by atoms with Crippen molar-refractivity contribution in [1.82, 2.24) is 0 Å². The average Bonchev–Trinajstić information content (AvgIpc) is 2.89. The van der Waals surface area contributed by atoms with Gasteiger partial charge in [-0.15, -0.1) is 0 Å². The van der Waals surface area contributed by atoms with Gasteiger partial charge in [0.05, 0.1) is 0 Å². The van der Waals surface area contributed by atoms with Gasteiger partial charge in [0.2, 0.25) is 0 Å². The van der Waals surface area contributed by atoms with Crippen LogP contribution in [0.15, 0.2) is 11.6 Å². The Labute approximate surface area is 146 Å². The number of hydrogen-bond acceptors (Lipinski definition) is 3. The Hall–Kier alpha value is -0.380. The summed E-state index contributed by atoms with van der Waals surface area (Å²) in [5, 5.41) is 32.1. The van der Waals surface area contributed by atoms with E-state index in [1.807, 2.05) is 6.92 Å². The molecule has 0 spiro atoms. The van der Waals surface area contributed by atoms with E-state index in [4.69, 9.17) is 0 Å². The van der Waals surface area contributed by atoms with Crippen LogP contribution in [0.3, 0.4) is 0 Å². The maximum atomic E-state index is 10.9. The van der Waals surface area contributed by atoms with Crippen LogP contribution in [0.5, 0.6) is 0 Å². The Morgan fingerprint density at radius 1 is 1.08 bits per heavy atom. The SMILES string of the molecule is CC[C@H]1CC[C@@H]2[C@@H]3CC=C4CCC(O)C(O)(O)[C@]4(C)[C@H]3CC[C@]12C. The van der Waals surface area contributed by atoms with Crippen molar-refractivity contribution in [3.05, 3.63) is 11.6 Å². The van der Waals surface area contributed by atoms with Crippen molar-refractivity contribution in [2.45, 2.75) is 84.0 Å². The molecular formula is C21H34O3. The molecule has 7 atom stereocenters. The van der Waals surface area contributed by atoms with Gasteiger partial charge >= 0.3 is 0 Å². The molecule has 0 aromatic rings. The van der Waals surface area contributed by atoms with Gasteiger partial charge in [-0.2, -0.15) is 0 Å². The molecule has 24 heavy (non-hydrogen) atoms. The molecule has 4 aliphatic rings. The summed E-state index contributed by atoms with van der Waals surface area (Å²) >= 11 is 0. The van der Waals surface area contributed by atoms with Crippen LogP contribution in [0.25, 0.3) is 0 Å². The van der Waals surface area contributed by atoms with Gasteiger partial charge in [0, 0.05) is 5.41 Å². The van der Waals surface area contributed by atoms with Gasteiger partial charge in [0.15, 0.2) is 5.79 Å². The van der Waals surface area contributed by atoms with Crippen LogP contribution in [0.2, 0.25) is 0 Å². The van der Waals surface area contributed by atoms with Gasteiger partial charge in [-0.25, -0.2) is 0 Å². The summed E-state index contributed by atoms with van der Waals surface area (Å²) in [7, 11) is 0. The topological polar surface area (TPSA) is 60.7 Å². The number of hydrogen-bond donors (Lipinski definition) is 3. The van der Waals surface area contributed by atoms with Crippen LogP contribution in [-0.4, -0.2) is 27.2 Å². The lowest BCUT2D eigenvalue weighted by atomic mass is 9.45. The molecule has 3 nitrogen and oxygen atoms in total. The molecule has 3 saturated carbocycles. The molecule has 0 aliphatic heterocycles. The molecule has 0 radical (unpaired) electrons. The normalized spacial score (nSPS) is 52.9. The highest BCUT2D eigenvalue weighted by Gasteiger charge is 2.65. The average molecular weight is 335 g/mol. The Morgan fingerprint density at radius 2 is 1.83 bits per heavy atom. The number of fused-ring (bicyclic) bond motifs is 5. The van der Waals surface area contributed by atoms with Crippen molar-refractivity contribution in [3.8, 4) is 0 Å². The quantitative estimate of drug-likeness (QED) is 0.507. The Morgan fingerprint density at radius 3 is 2.54 bits per heavy atom. The predicted molar refractivity (Wildman–Crippen MR) is 94.0 cm³/mol. The van der Waals surface area contributed by atoms with E-state index in [-0.39, 0.29) is 5.92 Å². The van der Waals surface area contributed by atoms with Gasteiger partial charge in [-0.05, 0) is 74.0 Å². The van der Waals surface area contributed by atoms with Crippen molar-refractivity contribution in [2.75, 3.05) is 0 Å².